The minimum absolute atomic E-state index is 0.365. The molecule has 1 amide bonds. The summed E-state index contributed by atoms with van der Waals surface area (Å²) in [4.78, 5) is 26.9. The van der Waals surface area contributed by atoms with Gasteiger partial charge in [0.15, 0.2) is 12.7 Å². The number of benzene rings is 1. The fourth-order valence-corrected chi connectivity index (χ4v) is 1.20. The lowest BCUT2D eigenvalue weighted by molar-refractivity contribution is -0.154. The molecule has 0 aliphatic rings. The van der Waals surface area contributed by atoms with Gasteiger partial charge in [0.2, 0.25) is 0 Å². The van der Waals surface area contributed by atoms with Gasteiger partial charge < -0.3 is 9.47 Å². The maximum absolute atomic E-state index is 11.5. The van der Waals surface area contributed by atoms with Gasteiger partial charge in [0.25, 0.3) is 5.91 Å². The van der Waals surface area contributed by atoms with Crippen molar-refractivity contribution in [2.24, 2.45) is 0 Å². The number of ether oxygens (including phenoxy) is 2. The lowest BCUT2D eigenvalue weighted by Crippen LogP contribution is -2.37. The van der Waals surface area contributed by atoms with E-state index in [9.17, 15) is 9.59 Å². The van der Waals surface area contributed by atoms with Crippen molar-refractivity contribution in [1.82, 2.24) is 5.48 Å². The molecule has 1 N–H and O–H groups in total. The number of amides is 1. The number of carbonyl (C=O) groups excluding carboxylic acids is 2. The van der Waals surface area contributed by atoms with E-state index in [1.54, 1.807) is 31.2 Å². The molecule has 104 valence electrons. The number of carbonyl (C=O) groups is 2. The van der Waals surface area contributed by atoms with E-state index in [1.165, 1.54) is 7.11 Å². The second-order valence-corrected chi connectivity index (χ2v) is 3.98. The molecule has 7 heteroatoms. The maximum atomic E-state index is 11.5. The Kier molecular flexibility index (Phi) is 6.11. The Morgan fingerprint density at radius 3 is 2.53 bits per heavy atom. The van der Waals surface area contributed by atoms with Crippen LogP contribution in [0.4, 0.5) is 0 Å². The number of halogens is 1. The van der Waals surface area contributed by atoms with E-state index in [2.05, 4.69) is 15.1 Å². The highest BCUT2D eigenvalue weighted by Crippen LogP contribution is 2.16. The standard InChI is InChI=1S/C12H14ClNO5/c1-8(12(16)14-18-7-11(15)17-2)19-10-5-3-9(13)4-6-10/h3-6,8H,7H2,1-2H3,(H,14,16). The Morgan fingerprint density at radius 1 is 1.32 bits per heavy atom. The monoisotopic (exact) mass is 287 g/mol. The van der Waals surface area contributed by atoms with Crippen molar-refractivity contribution >= 4 is 23.5 Å². The highest BCUT2D eigenvalue weighted by molar-refractivity contribution is 6.30. The predicted molar refractivity (Wildman–Crippen MR) is 67.7 cm³/mol. The number of nitrogens with one attached hydrogen (secondary N) is 1. The largest absolute Gasteiger partial charge is 0.481 e. The highest BCUT2D eigenvalue weighted by atomic mass is 35.5. The Labute approximate surface area is 115 Å². The zero-order chi connectivity index (χ0) is 14.3. The summed E-state index contributed by atoms with van der Waals surface area (Å²) in [6.45, 7) is 1.18. The van der Waals surface area contributed by atoms with Crippen LogP contribution in [0.2, 0.25) is 5.02 Å². The minimum atomic E-state index is -0.779. The molecule has 1 rings (SSSR count). The van der Waals surface area contributed by atoms with Gasteiger partial charge >= 0.3 is 5.97 Å². The van der Waals surface area contributed by atoms with Crippen LogP contribution < -0.4 is 10.2 Å². The molecule has 0 saturated heterocycles. The van der Waals surface area contributed by atoms with Crippen molar-refractivity contribution in [2.45, 2.75) is 13.0 Å². The molecule has 1 aromatic rings. The fourth-order valence-electron chi connectivity index (χ4n) is 1.08. The van der Waals surface area contributed by atoms with Crippen LogP contribution in [0.5, 0.6) is 5.75 Å². The summed E-state index contributed by atoms with van der Waals surface area (Å²) >= 11 is 5.72. The molecular formula is C12H14ClNO5. The van der Waals surface area contributed by atoms with Crippen LogP contribution in [-0.2, 0) is 19.2 Å². The van der Waals surface area contributed by atoms with E-state index >= 15 is 0 Å². The lowest BCUT2D eigenvalue weighted by Gasteiger charge is -2.14. The van der Waals surface area contributed by atoms with Crippen LogP contribution in [0.3, 0.4) is 0 Å². The average molecular weight is 288 g/mol. The molecule has 1 unspecified atom stereocenters. The zero-order valence-corrected chi connectivity index (χ0v) is 11.3. The molecule has 0 radical (unpaired) electrons. The number of hydroxylamine groups is 1. The van der Waals surface area contributed by atoms with Crippen LogP contribution in [0.25, 0.3) is 0 Å². The third kappa shape index (κ3) is 5.58. The van der Waals surface area contributed by atoms with E-state index in [-0.39, 0.29) is 6.61 Å². The molecule has 0 saturated carbocycles. The number of hydrogen-bond donors (Lipinski definition) is 1. The van der Waals surface area contributed by atoms with Gasteiger partial charge in [-0.1, -0.05) is 11.6 Å². The fraction of sp³-hybridized carbons (Fsp3) is 0.333. The van der Waals surface area contributed by atoms with Crippen LogP contribution in [0, 0.1) is 0 Å². The summed E-state index contributed by atoms with van der Waals surface area (Å²) in [5.41, 5.74) is 2.09. The average Bonchev–Trinajstić information content (AvgIpc) is 2.40. The van der Waals surface area contributed by atoms with Crippen molar-refractivity contribution in [2.75, 3.05) is 13.7 Å². The second kappa shape index (κ2) is 7.60. The normalized spacial score (nSPS) is 11.5. The predicted octanol–water partition coefficient (Wildman–Crippen LogP) is 1.33. The van der Waals surface area contributed by atoms with Gasteiger partial charge in [-0.05, 0) is 31.2 Å². The molecule has 0 aliphatic carbocycles. The number of hydrogen-bond acceptors (Lipinski definition) is 5. The van der Waals surface area contributed by atoms with Gasteiger partial charge in [0.05, 0.1) is 7.11 Å². The molecule has 0 aromatic heterocycles. The minimum Gasteiger partial charge on any atom is -0.481 e. The molecule has 0 bridgehead atoms. The third-order valence-electron chi connectivity index (χ3n) is 2.09. The molecule has 0 aliphatic heterocycles. The lowest BCUT2D eigenvalue weighted by atomic mass is 10.3. The quantitative estimate of drug-likeness (QED) is 0.631. The molecule has 0 heterocycles. The molecular weight excluding hydrogens is 274 g/mol. The van der Waals surface area contributed by atoms with Crippen molar-refractivity contribution in [1.29, 1.82) is 0 Å². The molecule has 1 atom stereocenters. The Bertz CT molecular complexity index is 434. The van der Waals surface area contributed by atoms with Gasteiger partial charge in [-0.2, -0.15) is 0 Å². The van der Waals surface area contributed by atoms with Crippen molar-refractivity contribution in [3.8, 4) is 5.75 Å². The maximum Gasteiger partial charge on any atom is 0.334 e. The van der Waals surface area contributed by atoms with Crippen molar-refractivity contribution in [3.05, 3.63) is 29.3 Å². The first-order valence-electron chi connectivity index (χ1n) is 5.43. The first-order valence-corrected chi connectivity index (χ1v) is 5.81. The van der Waals surface area contributed by atoms with Crippen LogP contribution in [0.15, 0.2) is 24.3 Å². The molecule has 0 fully saturated rings. The van der Waals surface area contributed by atoms with Gasteiger partial charge in [-0.3, -0.25) is 9.63 Å². The summed E-state index contributed by atoms with van der Waals surface area (Å²) in [5.74, 6) is -0.606. The highest BCUT2D eigenvalue weighted by Gasteiger charge is 2.15. The van der Waals surface area contributed by atoms with Crippen LogP contribution in [0.1, 0.15) is 6.92 Å². The molecule has 19 heavy (non-hydrogen) atoms. The van der Waals surface area contributed by atoms with E-state index in [4.69, 9.17) is 16.3 Å². The van der Waals surface area contributed by atoms with Crippen LogP contribution >= 0.6 is 11.6 Å². The summed E-state index contributed by atoms with van der Waals surface area (Å²) in [5, 5.41) is 0.575. The Balaban J connectivity index is 2.36. The zero-order valence-electron chi connectivity index (χ0n) is 10.5. The first kappa shape index (κ1) is 15.3. The summed E-state index contributed by atoms with van der Waals surface area (Å²) in [6.07, 6.45) is -0.779. The second-order valence-electron chi connectivity index (χ2n) is 3.55. The SMILES string of the molecule is COC(=O)CONC(=O)C(C)Oc1ccc(Cl)cc1. The van der Waals surface area contributed by atoms with E-state index in [0.29, 0.717) is 10.8 Å². The summed E-state index contributed by atoms with van der Waals surface area (Å²) in [6, 6.07) is 6.58. The molecule has 6 nitrogen and oxygen atoms in total. The topological polar surface area (TPSA) is 73.9 Å². The van der Waals surface area contributed by atoms with E-state index in [0.717, 1.165) is 0 Å². The summed E-state index contributed by atoms with van der Waals surface area (Å²) < 4.78 is 9.69. The molecule has 0 spiro atoms. The van der Waals surface area contributed by atoms with Gasteiger partial charge in [0, 0.05) is 5.02 Å². The van der Waals surface area contributed by atoms with Gasteiger partial charge in [0.1, 0.15) is 5.75 Å². The van der Waals surface area contributed by atoms with Crippen molar-refractivity contribution in [3.63, 3.8) is 0 Å². The van der Waals surface area contributed by atoms with E-state index < -0.39 is 18.0 Å². The Morgan fingerprint density at radius 2 is 1.95 bits per heavy atom. The molecule has 1 aromatic carbocycles. The summed E-state index contributed by atoms with van der Waals surface area (Å²) in [7, 11) is 1.22. The number of rotatable bonds is 6. The first-order chi connectivity index (χ1) is 9.02. The third-order valence-corrected chi connectivity index (χ3v) is 2.34. The van der Waals surface area contributed by atoms with E-state index in [1.807, 2.05) is 0 Å². The number of methoxy groups -OCH3 is 1. The van der Waals surface area contributed by atoms with Gasteiger partial charge in [-0.25, -0.2) is 10.3 Å². The smallest absolute Gasteiger partial charge is 0.334 e. The van der Waals surface area contributed by atoms with Crippen molar-refractivity contribution < 1.29 is 23.9 Å². The number of esters is 1. The van der Waals surface area contributed by atoms with Crippen LogP contribution in [-0.4, -0.2) is 31.7 Å². The Hall–Kier alpha value is -1.79. The van der Waals surface area contributed by atoms with Gasteiger partial charge in [-0.15, -0.1) is 0 Å².